The van der Waals surface area contributed by atoms with Crippen molar-refractivity contribution in [2.24, 2.45) is 0 Å². The minimum absolute atomic E-state index is 0.0768. The van der Waals surface area contributed by atoms with Crippen LogP contribution >= 0.6 is 11.3 Å². The van der Waals surface area contributed by atoms with Crippen LogP contribution < -0.4 is 14.8 Å². The lowest BCUT2D eigenvalue weighted by molar-refractivity contribution is -0.118. The van der Waals surface area contributed by atoms with E-state index in [1.807, 2.05) is 25.1 Å². The highest BCUT2D eigenvalue weighted by Crippen LogP contribution is 2.28. The first-order valence-corrected chi connectivity index (χ1v) is 12.8. The van der Waals surface area contributed by atoms with Crippen molar-refractivity contribution in [1.29, 1.82) is 0 Å². The maximum absolute atomic E-state index is 12.6. The van der Waals surface area contributed by atoms with Crippen LogP contribution in [0.2, 0.25) is 0 Å². The highest BCUT2D eigenvalue weighted by atomic mass is 32.2. The molecule has 0 aliphatic heterocycles. The van der Waals surface area contributed by atoms with Gasteiger partial charge in [-0.15, -0.1) is 11.3 Å². The molecule has 0 spiro atoms. The normalized spacial score (nSPS) is 11.1. The molecule has 0 radical (unpaired) electrons. The quantitative estimate of drug-likeness (QED) is 0.329. The molecule has 1 heterocycles. The third-order valence-corrected chi connectivity index (χ3v) is 7.56. The van der Waals surface area contributed by atoms with E-state index in [2.05, 4.69) is 10.0 Å². The lowest BCUT2D eigenvalue weighted by Gasteiger charge is -2.11. The van der Waals surface area contributed by atoms with Crippen molar-refractivity contribution in [3.8, 4) is 5.75 Å². The van der Waals surface area contributed by atoms with Crippen LogP contribution in [-0.2, 0) is 19.6 Å². The molecule has 35 heavy (non-hydrogen) atoms. The molecule has 1 amide bonds. The maximum atomic E-state index is 12.6. The Labute approximate surface area is 206 Å². The van der Waals surface area contributed by atoms with E-state index in [9.17, 15) is 18.0 Å². The Hall–Kier alpha value is -3.89. The van der Waals surface area contributed by atoms with Gasteiger partial charge in [0, 0.05) is 10.4 Å². The van der Waals surface area contributed by atoms with Crippen molar-refractivity contribution in [2.45, 2.75) is 11.8 Å². The summed E-state index contributed by atoms with van der Waals surface area (Å²) in [6.07, 6.45) is 0. The SMILES string of the molecule is COC(=O)c1cc2cc(NC(=O)COc3ccc(S(=O)(=O)Nc4ccccc4C)cc3)ccc2s1. The number of aryl methyl sites for hydroxylation is 1. The number of para-hydroxylation sites is 1. The van der Waals surface area contributed by atoms with E-state index in [1.54, 1.807) is 30.3 Å². The summed E-state index contributed by atoms with van der Waals surface area (Å²) >= 11 is 1.31. The molecule has 0 atom stereocenters. The van der Waals surface area contributed by atoms with E-state index < -0.39 is 16.0 Å². The molecule has 0 saturated carbocycles. The number of carbonyl (C=O) groups excluding carboxylic acids is 2. The summed E-state index contributed by atoms with van der Waals surface area (Å²) in [4.78, 5) is 24.6. The molecule has 0 aliphatic carbocycles. The molecular formula is C25H22N2O6S2. The number of sulfonamides is 1. The molecule has 8 nitrogen and oxygen atoms in total. The number of benzene rings is 3. The van der Waals surface area contributed by atoms with Crippen molar-refractivity contribution >= 4 is 54.7 Å². The minimum atomic E-state index is -3.76. The zero-order valence-corrected chi connectivity index (χ0v) is 20.5. The predicted molar refractivity (Wildman–Crippen MR) is 136 cm³/mol. The third-order valence-electron chi connectivity index (χ3n) is 5.08. The van der Waals surface area contributed by atoms with E-state index in [4.69, 9.17) is 9.47 Å². The molecular weight excluding hydrogens is 488 g/mol. The Morgan fingerprint density at radius 2 is 1.71 bits per heavy atom. The fraction of sp³-hybridized carbons (Fsp3) is 0.120. The number of carbonyl (C=O) groups is 2. The Kier molecular flexibility index (Phi) is 7.04. The fourth-order valence-corrected chi connectivity index (χ4v) is 5.37. The minimum Gasteiger partial charge on any atom is -0.484 e. The number of esters is 1. The molecule has 0 bridgehead atoms. The molecule has 3 aromatic carbocycles. The van der Waals surface area contributed by atoms with Crippen molar-refractivity contribution in [3.05, 3.63) is 83.2 Å². The van der Waals surface area contributed by atoms with Crippen molar-refractivity contribution in [2.75, 3.05) is 23.8 Å². The summed E-state index contributed by atoms with van der Waals surface area (Å²) in [5.74, 6) is -0.438. The van der Waals surface area contributed by atoms with E-state index >= 15 is 0 Å². The van der Waals surface area contributed by atoms with E-state index in [-0.39, 0.29) is 17.4 Å². The molecule has 0 fully saturated rings. The zero-order valence-electron chi connectivity index (χ0n) is 18.9. The topological polar surface area (TPSA) is 111 Å². The van der Waals surface area contributed by atoms with Gasteiger partial charge in [-0.3, -0.25) is 9.52 Å². The van der Waals surface area contributed by atoms with Gasteiger partial charge in [0.15, 0.2) is 6.61 Å². The molecule has 4 aromatic rings. The summed E-state index contributed by atoms with van der Waals surface area (Å²) in [6, 6.07) is 19.9. The largest absolute Gasteiger partial charge is 0.484 e. The summed E-state index contributed by atoms with van der Waals surface area (Å²) in [6.45, 7) is 1.56. The summed E-state index contributed by atoms with van der Waals surface area (Å²) in [5.41, 5.74) is 1.87. The average Bonchev–Trinajstić information content (AvgIpc) is 3.27. The Bertz CT molecular complexity index is 1490. The van der Waals surface area contributed by atoms with E-state index in [0.717, 1.165) is 15.6 Å². The van der Waals surface area contributed by atoms with Gasteiger partial charge in [-0.1, -0.05) is 18.2 Å². The molecule has 0 aliphatic rings. The molecule has 2 N–H and O–H groups in total. The number of anilines is 2. The van der Waals surface area contributed by atoms with Gasteiger partial charge in [0.2, 0.25) is 0 Å². The maximum Gasteiger partial charge on any atom is 0.348 e. The van der Waals surface area contributed by atoms with Crippen LogP contribution in [0.15, 0.2) is 77.7 Å². The van der Waals surface area contributed by atoms with Crippen molar-refractivity contribution < 1.29 is 27.5 Å². The monoisotopic (exact) mass is 510 g/mol. The van der Waals surface area contributed by atoms with Gasteiger partial charge < -0.3 is 14.8 Å². The number of nitrogens with one attached hydrogen (secondary N) is 2. The summed E-state index contributed by atoms with van der Waals surface area (Å²) in [5, 5.41) is 3.55. The van der Waals surface area contributed by atoms with Crippen LogP contribution in [-0.4, -0.2) is 34.0 Å². The van der Waals surface area contributed by atoms with Crippen molar-refractivity contribution in [3.63, 3.8) is 0 Å². The molecule has 4 rings (SSSR count). The Balaban J connectivity index is 1.35. The second-order valence-electron chi connectivity index (χ2n) is 7.58. The third kappa shape index (κ3) is 5.79. The Morgan fingerprint density at radius 3 is 2.43 bits per heavy atom. The van der Waals surface area contributed by atoms with Crippen LogP contribution in [0.5, 0.6) is 5.75 Å². The zero-order chi connectivity index (χ0) is 25.0. The highest BCUT2D eigenvalue weighted by Gasteiger charge is 2.16. The average molecular weight is 511 g/mol. The van der Waals surface area contributed by atoms with Gasteiger partial charge in [-0.2, -0.15) is 0 Å². The smallest absolute Gasteiger partial charge is 0.348 e. The highest BCUT2D eigenvalue weighted by molar-refractivity contribution is 7.92. The van der Waals surface area contributed by atoms with Gasteiger partial charge in [-0.05, 0) is 72.5 Å². The number of thiophene rings is 1. The molecule has 180 valence electrons. The first-order valence-electron chi connectivity index (χ1n) is 10.5. The second-order valence-corrected chi connectivity index (χ2v) is 10.3. The number of hydrogen-bond acceptors (Lipinski definition) is 7. The lowest BCUT2D eigenvalue weighted by Crippen LogP contribution is -2.20. The van der Waals surface area contributed by atoms with Gasteiger partial charge in [0.25, 0.3) is 15.9 Å². The van der Waals surface area contributed by atoms with Crippen LogP contribution in [0, 0.1) is 6.92 Å². The Morgan fingerprint density at radius 1 is 0.971 bits per heavy atom. The standard InChI is InChI=1S/C25H22N2O6S2/c1-16-5-3-4-6-21(16)27-35(30,31)20-10-8-19(9-11-20)33-15-24(28)26-18-7-12-22-17(13-18)14-23(34-22)25(29)32-2/h3-14,27H,15H2,1-2H3,(H,26,28). The summed E-state index contributed by atoms with van der Waals surface area (Å²) < 4.78 is 39.0. The molecule has 10 heteroatoms. The number of hydrogen-bond donors (Lipinski definition) is 2. The van der Waals surface area contributed by atoms with Crippen molar-refractivity contribution in [1.82, 2.24) is 0 Å². The van der Waals surface area contributed by atoms with Crippen LogP contribution in [0.3, 0.4) is 0 Å². The first kappa shape index (κ1) is 24.2. The van der Waals surface area contributed by atoms with Crippen LogP contribution in [0.1, 0.15) is 15.2 Å². The molecule has 0 unspecified atom stereocenters. The summed E-state index contributed by atoms with van der Waals surface area (Å²) in [7, 11) is -2.43. The molecule has 0 saturated heterocycles. The number of amides is 1. The number of methoxy groups -OCH3 is 1. The predicted octanol–water partition coefficient (Wildman–Crippen LogP) is 4.81. The van der Waals surface area contributed by atoms with E-state index in [0.29, 0.717) is 22.0 Å². The van der Waals surface area contributed by atoms with Gasteiger partial charge in [0.05, 0.1) is 17.7 Å². The van der Waals surface area contributed by atoms with Gasteiger partial charge >= 0.3 is 5.97 Å². The van der Waals surface area contributed by atoms with E-state index in [1.165, 1.54) is 42.7 Å². The molecule has 1 aromatic heterocycles. The number of fused-ring (bicyclic) bond motifs is 1. The first-order chi connectivity index (χ1) is 16.7. The number of ether oxygens (including phenoxy) is 2. The second kappa shape index (κ2) is 10.2. The van der Waals surface area contributed by atoms with Gasteiger partial charge in [-0.25, -0.2) is 13.2 Å². The van der Waals surface area contributed by atoms with Crippen LogP contribution in [0.25, 0.3) is 10.1 Å². The lowest BCUT2D eigenvalue weighted by atomic mass is 10.2. The van der Waals surface area contributed by atoms with Crippen LogP contribution in [0.4, 0.5) is 11.4 Å². The number of rotatable bonds is 8. The fourth-order valence-electron chi connectivity index (χ4n) is 3.27. The van der Waals surface area contributed by atoms with Gasteiger partial charge in [0.1, 0.15) is 10.6 Å².